The lowest BCUT2D eigenvalue weighted by molar-refractivity contribution is 0.0936. The fourth-order valence-corrected chi connectivity index (χ4v) is 3.72. The van der Waals surface area contributed by atoms with Crippen LogP contribution < -0.4 is 10.9 Å². The maximum atomic E-state index is 12.9. The molecular weight excluding hydrogens is 336 g/mol. The number of aryl methyl sites for hydroxylation is 1. The second-order valence-electron chi connectivity index (χ2n) is 7.80. The summed E-state index contributed by atoms with van der Waals surface area (Å²) in [6, 6.07) is 19.2. The average Bonchev–Trinajstić information content (AvgIpc) is 2.65. The van der Waals surface area contributed by atoms with E-state index >= 15 is 0 Å². The number of hydrogen-bond acceptors (Lipinski definition) is 2. The van der Waals surface area contributed by atoms with Gasteiger partial charge >= 0.3 is 0 Å². The number of nitrogens with zero attached hydrogens (tertiary/aromatic N) is 1. The Morgan fingerprint density at radius 1 is 1.07 bits per heavy atom. The molecule has 140 valence electrons. The number of fused-ring (bicyclic) bond motifs is 1. The lowest BCUT2D eigenvalue weighted by Gasteiger charge is -2.29. The molecule has 1 atom stereocenters. The highest BCUT2D eigenvalue weighted by Crippen LogP contribution is 2.28. The number of hydrogen-bond donors (Lipinski definition) is 1. The first-order valence-electron chi connectivity index (χ1n) is 9.25. The van der Waals surface area contributed by atoms with Crippen LogP contribution in [0, 0.1) is 0 Å². The van der Waals surface area contributed by atoms with Gasteiger partial charge in [0.25, 0.3) is 11.5 Å². The summed E-state index contributed by atoms with van der Waals surface area (Å²) in [6.45, 7) is 6.36. The van der Waals surface area contributed by atoms with E-state index < -0.39 is 0 Å². The Balaban J connectivity index is 1.83. The second kappa shape index (κ2) is 7.39. The van der Waals surface area contributed by atoms with Gasteiger partial charge in [0.1, 0.15) is 0 Å². The minimum Gasteiger partial charge on any atom is -0.350 e. The molecule has 0 saturated carbocycles. The van der Waals surface area contributed by atoms with Gasteiger partial charge in [-0.15, -0.1) is 0 Å². The van der Waals surface area contributed by atoms with Crippen molar-refractivity contribution in [3.63, 3.8) is 0 Å². The van der Waals surface area contributed by atoms with Crippen molar-refractivity contribution in [2.75, 3.05) is 0 Å². The van der Waals surface area contributed by atoms with Crippen LogP contribution in [0.4, 0.5) is 0 Å². The van der Waals surface area contributed by atoms with Gasteiger partial charge in [0.05, 0.1) is 11.1 Å². The Kier molecular flexibility index (Phi) is 5.17. The van der Waals surface area contributed by atoms with E-state index in [2.05, 4.69) is 31.3 Å². The molecule has 0 aliphatic carbocycles. The van der Waals surface area contributed by atoms with Crippen molar-refractivity contribution in [3.05, 3.63) is 82.1 Å². The first-order valence-corrected chi connectivity index (χ1v) is 9.25. The molecular formula is C23H26N2O2. The van der Waals surface area contributed by atoms with Crippen LogP contribution in [0.15, 0.2) is 65.5 Å². The second-order valence-corrected chi connectivity index (χ2v) is 7.80. The van der Waals surface area contributed by atoms with Crippen LogP contribution in [-0.4, -0.2) is 16.5 Å². The summed E-state index contributed by atoms with van der Waals surface area (Å²) in [6.07, 6.45) is 0.797. The monoisotopic (exact) mass is 362 g/mol. The number of rotatable bonds is 5. The molecule has 0 aliphatic heterocycles. The maximum absolute atomic E-state index is 12.9. The Morgan fingerprint density at radius 3 is 2.41 bits per heavy atom. The van der Waals surface area contributed by atoms with Gasteiger partial charge in [0.2, 0.25) is 0 Å². The zero-order chi connectivity index (χ0) is 19.6. The number of pyridine rings is 1. The van der Waals surface area contributed by atoms with E-state index in [1.165, 1.54) is 11.6 Å². The third-order valence-corrected chi connectivity index (χ3v) is 5.15. The van der Waals surface area contributed by atoms with Crippen LogP contribution in [0.2, 0.25) is 0 Å². The van der Waals surface area contributed by atoms with Gasteiger partial charge in [-0.3, -0.25) is 9.59 Å². The number of nitrogens with one attached hydrogen (secondary N) is 1. The van der Waals surface area contributed by atoms with E-state index in [-0.39, 0.29) is 22.9 Å². The zero-order valence-corrected chi connectivity index (χ0v) is 16.3. The minimum absolute atomic E-state index is 0.0319. The molecule has 1 aromatic heterocycles. The largest absolute Gasteiger partial charge is 0.350 e. The number of aromatic nitrogens is 1. The topological polar surface area (TPSA) is 51.1 Å². The first kappa shape index (κ1) is 18.9. The third-order valence-electron chi connectivity index (χ3n) is 5.15. The summed E-state index contributed by atoms with van der Waals surface area (Å²) in [7, 11) is 1.72. The highest BCUT2D eigenvalue weighted by atomic mass is 16.2. The van der Waals surface area contributed by atoms with E-state index in [4.69, 9.17) is 0 Å². The van der Waals surface area contributed by atoms with E-state index in [0.717, 1.165) is 17.3 Å². The molecule has 0 aliphatic rings. The van der Waals surface area contributed by atoms with E-state index in [1.54, 1.807) is 11.6 Å². The van der Waals surface area contributed by atoms with Crippen molar-refractivity contribution < 1.29 is 4.79 Å². The summed E-state index contributed by atoms with van der Waals surface area (Å²) in [4.78, 5) is 25.1. The standard InChI is InChI=1S/C23H26N2O2/c1-16(15-23(2,3)17-10-6-5-7-11-17)24-22(27)19-14-21(26)25(4)20-13-9-8-12-18(19)20/h5-14,16H,15H2,1-4H3,(H,24,27). The van der Waals surface area contributed by atoms with Crippen molar-refractivity contribution in [2.24, 2.45) is 7.05 Å². The maximum Gasteiger partial charge on any atom is 0.252 e. The molecule has 1 N–H and O–H groups in total. The van der Waals surface area contributed by atoms with Crippen molar-refractivity contribution in [1.29, 1.82) is 0 Å². The van der Waals surface area contributed by atoms with Gasteiger partial charge < -0.3 is 9.88 Å². The van der Waals surface area contributed by atoms with E-state index in [0.29, 0.717) is 5.56 Å². The number of benzene rings is 2. The van der Waals surface area contributed by atoms with Crippen molar-refractivity contribution in [3.8, 4) is 0 Å². The van der Waals surface area contributed by atoms with Gasteiger partial charge in [0.15, 0.2) is 0 Å². The van der Waals surface area contributed by atoms with Crippen molar-refractivity contribution >= 4 is 16.8 Å². The Bertz CT molecular complexity index is 1020. The minimum atomic E-state index is -0.208. The number of carbonyl (C=O) groups excluding carboxylic acids is 1. The third kappa shape index (κ3) is 3.95. The fraction of sp³-hybridized carbons (Fsp3) is 0.304. The quantitative estimate of drug-likeness (QED) is 0.745. The van der Waals surface area contributed by atoms with Gasteiger partial charge in [-0.1, -0.05) is 62.4 Å². The molecule has 1 heterocycles. The molecule has 4 heteroatoms. The normalized spacial score (nSPS) is 12.7. The SMILES string of the molecule is CC(CC(C)(C)c1ccccc1)NC(=O)c1cc(=O)n(C)c2ccccc12. The lowest BCUT2D eigenvalue weighted by Crippen LogP contribution is -2.38. The van der Waals surface area contributed by atoms with Crippen LogP contribution in [0.25, 0.3) is 10.9 Å². The van der Waals surface area contributed by atoms with Crippen LogP contribution in [0.3, 0.4) is 0 Å². The molecule has 1 unspecified atom stereocenters. The van der Waals surface area contributed by atoms with E-state index in [1.807, 2.05) is 49.4 Å². The smallest absolute Gasteiger partial charge is 0.252 e. The van der Waals surface area contributed by atoms with Gasteiger partial charge in [0, 0.05) is 24.5 Å². The van der Waals surface area contributed by atoms with E-state index in [9.17, 15) is 9.59 Å². The van der Waals surface area contributed by atoms with Gasteiger partial charge in [-0.25, -0.2) is 0 Å². The number of carbonyl (C=O) groups is 1. The molecule has 0 fully saturated rings. The first-order chi connectivity index (χ1) is 12.8. The van der Waals surface area contributed by atoms with Crippen LogP contribution in [0.5, 0.6) is 0 Å². The van der Waals surface area contributed by atoms with Crippen molar-refractivity contribution in [1.82, 2.24) is 9.88 Å². The summed E-state index contributed by atoms with van der Waals surface area (Å²) in [5.74, 6) is -0.208. The molecule has 0 radical (unpaired) electrons. The molecule has 0 bridgehead atoms. The molecule has 4 nitrogen and oxygen atoms in total. The Morgan fingerprint density at radius 2 is 1.70 bits per heavy atom. The molecule has 0 spiro atoms. The summed E-state index contributed by atoms with van der Waals surface area (Å²) in [5, 5.41) is 3.86. The highest BCUT2D eigenvalue weighted by Gasteiger charge is 2.24. The Labute approximate surface area is 159 Å². The highest BCUT2D eigenvalue weighted by molar-refractivity contribution is 6.06. The van der Waals surface area contributed by atoms with Gasteiger partial charge in [-0.2, -0.15) is 0 Å². The molecule has 0 saturated heterocycles. The van der Waals surface area contributed by atoms with Crippen LogP contribution >= 0.6 is 0 Å². The predicted octanol–water partition coefficient (Wildman–Crippen LogP) is 4.02. The van der Waals surface area contributed by atoms with Crippen LogP contribution in [0.1, 0.15) is 43.1 Å². The predicted molar refractivity (Wildman–Crippen MR) is 110 cm³/mol. The molecule has 27 heavy (non-hydrogen) atoms. The summed E-state index contributed by atoms with van der Waals surface area (Å²) in [5.41, 5.74) is 2.18. The Hall–Kier alpha value is -2.88. The average molecular weight is 362 g/mol. The lowest BCUT2D eigenvalue weighted by atomic mass is 9.79. The number of para-hydroxylation sites is 1. The number of amides is 1. The van der Waals surface area contributed by atoms with Crippen LogP contribution in [-0.2, 0) is 12.5 Å². The van der Waals surface area contributed by atoms with Crippen molar-refractivity contribution in [2.45, 2.75) is 38.6 Å². The molecule has 2 aromatic carbocycles. The molecule has 3 rings (SSSR count). The zero-order valence-electron chi connectivity index (χ0n) is 16.3. The summed E-state index contributed by atoms with van der Waals surface area (Å²) >= 11 is 0. The van der Waals surface area contributed by atoms with Gasteiger partial charge in [-0.05, 0) is 30.4 Å². The molecule has 1 amide bonds. The summed E-state index contributed by atoms with van der Waals surface area (Å²) < 4.78 is 1.56. The fourth-order valence-electron chi connectivity index (χ4n) is 3.72. The molecule has 3 aromatic rings.